The third-order valence-corrected chi connectivity index (χ3v) is 4.59. The van der Waals surface area contributed by atoms with Crippen LogP contribution in [-0.4, -0.2) is 25.2 Å². The molecule has 5 nitrogen and oxygen atoms in total. The first-order valence-corrected chi connectivity index (χ1v) is 9.33. The fraction of sp³-hybridized carbons (Fsp3) is 0.400. The minimum Gasteiger partial charge on any atom is -0.490 e. The van der Waals surface area contributed by atoms with Crippen LogP contribution in [0.3, 0.4) is 0 Å². The van der Waals surface area contributed by atoms with Crippen LogP contribution in [0.25, 0.3) is 6.08 Å². The van der Waals surface area contributed by atoms with Crippen LogP contribution in [0.2, 0.25) is 0 Å². The van der Waals surface area contributed by atoms with Crippen LogP contribution in [-0.2, 0) is 4.79 Å². The maximum Gasteiger partial charge on any atom is 0.262 e. The molecule has 0 unspecified atom stereocenters. The molecule has 0 bridgehead atoms. The van der Waals surface area contributed by atoms with Crippen molar-refractivity contribution in [3.8, 4) is 29.9 Å². The van der Waals surface area contributed by atoms with E-state index in [-0.39, 0.29) is 24.1 Å². The van der Waals surface area contributed by atoms with Gasteiger partial charge in [0.05, 0.1) is 11.1 Å². The second-order valence-electron chi connectivity index (χ2n) is 5.88. The molecule has 0 aliphatic heterocycles. The smallest absolute Gasteiger partial charge is 0.262 e. The Morgan fingerprint density at radius 2 is 2.15 bits per heavy atom. The summed E-state index contributed by atoms with van der Waals surface area (Å²) in [4.78, 5) is 12.3. The predicted octanol–water partition coefficient (Wildman–Crippen LogP) is 3.83. The molecule has 1 aromatic rings. The van der Waals surface area contributed by atoms with Gasteiger partial charge < -0.3 is 14.8 Å². The highest BCUT2D eigenvalue weighted by Crippen LogP contribution is 2.37. The Kier molecular flexibility index (Phi) is 7.56. The summed E-state index contributed by atoms with van der Waals surface area (Å²) in [7, 11) is 0. The van der Waals surface area contributed by atoms with E-state index in [2.05, 4.69) is 27.2 Å². The standard InChI is InChI=1S/C20H21BrN2O3/c1-3-9-26-19-17(21)11-14(12-18(19)25-4-2)10-15(13-22)20(24)23-16-7-5-6-8-16/h1,10-12,16H,4-9H2,2H3,(H,23,24)/b15-10-. The Hall–Kier alpha value is -2.44. The average Bonchev–Trinajstić information content (AvgIpc) is 3.12. The summed E-state index contributed by atoms with van der Waals surface area (Å²) in [5.41, 5.74) is 0.718. The number of amides is 1. The van der Waals surface area contributed by atoms with Crippen LogP contribution in [0.1, 0.15) is 38.2 Å². The zero-order chi connectivity index (χ0) is 18.9. The summed E-state index contributed by atoms with van der Waals surface area (Å²) >= 11 is 3.43. The SMILES string of the molecule is C#CCOc1c(Br)cc(/C=C(/C#N)C(=O)NC2CCCC2)cc1OCC. The van der Waals surface area contributed by atoms with E-state index in [0.717, 1.165) is 25.7 Å². The van der Waals surface area contributed by atoms with Crippen LogP contribution in [0.15, 0.2) is 22.2 Å². The number of hydrogen-bond acceptors (Lipinski definition) is 4. The average molecular weight is 417 g/mol. The van der Waals surface area contributed by atoms with Crippen molar-refractivity contribution in [1.29, 1.82) is 5.26 Å². The Balaban J connectivity index is 2.27. The molecule has 0 atom stereocenters. The lowest BCUT2D eigenvalue weighted by molar-refractivity contribution is -0.117. The number of ether oxygens (including phenoxy) is 2. The number of carbonyl (C=O) groups is 1. The first kappa shape index (κ1) is 19.9. The van der Waals surface area contributed by atoms with Gasteiger partial charge in [0.25, 0.3) is 5.91 Å². The molecular formula is C20H21BrN2O3. The van der Waals surface area contributed by atoms with E-state index in [1.807, 2.05) is 13.0 Å². The van der Waals surface area contributed by atoms with Crippen molar-refractivity contribution in [3.63, 3.8) is 0 Å². The molecule has 1 fully saturated rings. The number of carbonyl (C=O) groups excluding carboxylic acids is 1. The lowest BCUT2D eigenvalue weighted by Gasteiger charge is -2.14. The molecule has 0 saturated heterocycles. The summed E-state index contributed by atoms with van der Waals surface area (Å²) in [6, 6.07) is 5.62. The predicted molar refractivity (Wildman–Crippen MR) is 104 cm³/mol. The number of terminal acetylenes is 1. The van der Waals surface area contributed by atoms with Crippen molar-refractivity contribution in [2.75, 3.05) is 13.2 Å². The van der Waals surface area contributed by atoms with Crippen LogP contribution in [0, 0.1) is 23.7 Å². The fourth-order valence-electron chi connectivity index (χ4n) is 2.84. The van der Waals surface area contributed by atoms with E-state index in [1.54, 1.807) is 18.2 Å². The molecule has 0 spiro atoms. The van der Waals surface area contributed by atoms with Gasteiger partial charge >= 0.3 is 0 Å². The highest BCUT2D eigenvalue weighted by atomic mass is 79.9. The van der Waals surface area contributed by atoms with Gasteiger partial charge in [-0.2, -0.15) is 5.26 Å². The van der Waals surface area contributed by atoms with Crippen molar-refractivity contribution in [2.24, 2.45) is 0 Å². The normalized spacial score (nSPS) is 14.4. The van der Waals surface area contributed by atoms with E-state index < -0.39 is 0 Å². The number of benzene rings is 1. The highest BCUT2D eigenvalue weighted by Gasteiger charge is 2.19. The number of halogens is 1. The van der Waals surface area contributed by atoms with Gasteiger partial charge in [0.15, 0.2) is 11.5 Å². The van der Waals surface area contributed by atoms with Crippen molar-refractivity contribution >= 4 is 27.9 Å². The van der Waals surface area contributed by atoms with Gasteiger partial charge in [0.2, 0.25) is 0 Å². The van der Waals surface area contributed by atoms with Crippen molar-refractivity contribution in [1.82, 2.24) is 5.32 Å². The molecule has 1 amide bonds. The molecule has 1 aliphatic rings. The van der Waals surface area contributed by atoms with Crippen molar-refractivity contribution < 1.29 is 14.3 Å². The van der Waals surface area contributed by atoms with Crippen LogP contribution < -0.4 is 14.8 Å². The maximum atomic E-state index is 12.3. The third kappa shape index (κ3) is 5.28. The minimum absolute atomic E-state index is 0.0588. The molecule has 0 aromatic heterocycles. The van der Waals surface area contributed by atoms with E-state index in [9.17, 15) is 10.1 Å². The molecule has 26 heavy (non-hydrogen) atoms. The summed E-state index contributed by atoms with van der Waals surface area (Å²) in [6.45, 7) is 2.41. The van der Waals surface area contributed by atoms with Gasteiger partial charge in [-0.3, -0.25) is 4.79 Å². The first-order chi connectivity index (χ1) is 12.6. The fourth-order valence-corrected chi connectivity index (χ4v) is 3.41. The largest absolute Gasteiger partial charge is 0.490 e. The van der Waals surface area contributed by atoms with Gasteiger partial charge in [-0.1, -0.05) is 18.8 Å². The third-order valence-electron chi connectivity index (χ3n) is 4.00. The monoisotopic (exact) mass is 416 g/mol. The van der Waals surface area contributed by atoms with E-state index in [0.29, 0.717) is 28.1 Å². The Labute approximate surface area is 162 Å². The number of nitrogens with one attached hydrogen (secondary N) is 1. The first-order valence-electron chi connectivity index (χ1n) is 8.54. The number of hydrogen-bond donors (Lipinski definition) is 1. The zero-order valence-corrected chi connectivity index (χ0v) is 16.3. The summed E-state index contributed by atoms with van der Waals surface area (Å²) in [5.74, 6) is 3.06. The molecule has 1 aliphatic carbocycles. The molecule has 1 aromatic carbocycles. The Morgan fingerprint density at radius 1 is 1.42 bits per heavy atom. The number of nitrogens with zero attached hydrogens (tertiary/aromatic N) is 1. The lowest BCUT2D eigenvalue weighted by atomic mass is 10.1. The molecule has 6 heteroatoms. The van der Waals surface area contributed by atoms with Crippen molar-refractivity contribution in [3.05, 3.63) is 27.7 Å². The second kappa shape index (κ2) is 9.89. The number of rotatable bonds is 7. The van der Waals surface area contributed by atoms with E-state index >= 15 is 0 Å². The van der Waals surface area contributed by atoms with E-state index in [4.69, 9.17) is 15.9 Å². The number of nitriles is 1. The lowest BCUT2D eigenvalue weighted by Crippen LogP contribution is -2.33. The summed E-state index contributed by atoms with van der Waals surface area (Å²) in [6.07, 6.45) is 10.9. The van der Waals surface area contributed by atoms with Gasteiger partial charge in [-0.25, -0.2) is 0 Å². The van der Waals surface area contributed by atoms with Gasteiger partial charge in [-0.15, -0.1) is 6.42 Å². The maximum absolute atomic E-state index is 12.3. The molecule has 0 radical (unpaired) electrons. The summed E-state index contributed by atoms with van der Waals surface area (Å²) in [5, 5.41) is 12.3. The molecule has 136 valence electrons. The van der Waals surface area contributed by atoms with Crippen molar-refractivity contribution in [2.45, 2.75) is 38.6 Å². The van der Waals surface area contributed by atoms with Gasteiger partial charge in [-0.05, 0) is 59.5 Å². The Morgan fingerprint density at radius 3 is 2.77 bits per heavy atom. The molecule has 2 rings (SSSR count). The second-order valence-corrected chi connectivity index (χ2v) is 6.73. The highest BCUT2D eigenvalue weighted by molar-refractivity contribution is 9.10. The van der Waals surface area contributed by atoms with Gasteiger partial charge in [0, 0.05) is 6.04 Å². The summed E-state index contributed by atoms with van der Waals surface area (Å²) < 4.78 is 11.8. The van der Waals surface area contributed by atoms with E-state index in [1.165, 1.54) is 0 Å². The van der Waals surface area contributed by atoms with Crippen LogP contribution in [0.5, 0.6) is 11.5 Å². The molecule has 1 saturated carbocycles. The Bertz CT molecular complexity index is 768. The quantitative estimate of drug-likeness (QED) is 0.416. The van der Waals surface area contributed by atoms with Gasteiger partial charge in [0.1, 0.15) is 18.2 Å². The molecule has 1 N–H and O–H groups in total. The molecular weight excluding hydrogens is 396 g/mol. The zero-order valence-electron chi connectivity index (χ0n) is 14.7. The topological polar surface area (TPSA) is 71.3 Å². The minimum atomic E-state index is -0.346. The van der Waals surface area contributed by atoms with Crippen LogP contribution in [0.4, 0.5) is 0 Å². The molecule has 0 heterocycles. The van der Waals surface area contributed by atoms with Crippen LogP contribution >= 0.6 is 15.9 Å².